The third-order valence-corrected chi connectivity index (χ3v) is 4.04. The van der Waals surface area contributed by atoms with E-state index in [0.29, 0.717) is 40.8 Å². The van der Waals surface area contributed by atoms with Crippen LogP contribution in [-0.4, -0.2) is 30.7 Å². The molecular formula is C20H22ClNO5. The summed E-state index contributed by atoms with van der Waals surface area (Å²) in [7, 11) is 1.48. The van der Waals surface area contributed by atoms with Crippen LogP contribution in [0.1, 0.15) is 35.7 Å². The van der Waals surface area contributed by atoms with Crippen LogP contribution in [0.5, 0.6) is 11.5 Å². The number of ether oxygens (including phenoxy) is 2. The van der Waals surface area contributed by atoms with Crippen molar-refractivity contribution in [3.63, 3.8) is 0 Å². The highest BCUT2D eigenvalue weighted by atomic mass is 35.5. The molecule has 2 N–H and O–H groups in total. The van der Waals surface area contributed by atoms with Crippen molar-refractivity contribution in [1.82, 2.24) is 0 Å². The fraction of sp³-hybridized carbons (Fsp3) is 0.300. The molecule has 0 saturated heterocycles. The normalized spacial score (nSPS) is 10.3. The van der Waals surface area contributed by atoms with Crippen molar-refractivity contribution in [2.75, 3.05) is 19.0 Å². The van der Waals surface area contributed by atoms with Crippen LogP contribution in [0.25, 0.3) is 0 Å². The molecule has 2 aromatic rings. The molecule has 0 atom stereocenters. The highest BCUT2D eigenvalue weighted by Crippen LogP contribution is 2.36. The lowest BCUT2D eigenvalue weighted by Crippen LogP contribution is -2.13. The summed E-state index contributed by atoms with van der Waals surface area (Å²) in [6.45, 7) is 2.47. The second-order valence-electron chi connectivity index (χ2n) is 5.89. The number of rotatable bonds is 9. The first-order valence-electron chi connectivity index (χ1n) is 8.57. The summed E-state index contributed by atoms with van der Waals surface area (Å²) in [5.41, 5.74) is 1.73. The van der Waals surface area contributed by atoms with Gasteiger partial charge in [-0.25, -0.2) is 0 Å². The minimum atomic E-state index is -0.864. The van der Waals surface area contributed by atoms with Crippen molar-refractivity contribution >= 4 is 29.2 Å². The van der Waals surface area contributed by atoms with Crippen LogP contribution in [-0.2, 0) is 11.2 Å². The van der Waals surface area contributed by atoms with Gasteiger partial charge in [-0.15, -0.1) is 0 Å². The molecule has 0 aliphatic rings. The zero-order valence-corrected chi connectivity index (χ0v) is 16.0. The SMILES string of the molecule is CCCOc1c(Cl)cc(C(=O)Nc2cccc(CCC(=O)O)c2)cc1OC. The molecule has 144 valence electrons. The molecule has 0 saturated carbocycles. The number of anilines is 1. The minimum absolute atomic E-state index is 0.0312. The van der Waals surface area contributed by atoms with Crippen LogP contribution >= 0.6 is 11.6 Å². The minimum Gasteiger partial charge on any atom is -0.493 e. The van der Waals surface area contributed by atoms with Crippen LogP contribution in [0.15, 0.2) is 36.4 Å². The summed E-state index contributed by atoms with van der Waals surface area (Å²) in [5.74, 6) is -0.422. The van der Waals surface area contributed by atoms with Crippen molar-refractivity contribution in [1.29, 1.82) is 0 Å². The number of carbonyl (C=O) groups excluding carboxylic acids is 1. The molecule has 0 aliphatic carbocycles. The lowest BCUT2D eigenvalue weighted by Gasteiger charge is -2.14. The molecule has 0 aromatic heterocycles. The van der Waals surface area contributed by atoms with Crippen LogP contribution in [0.3, 0.4) is 0 Å². The van der Waals surface area contributed by atoms with Crippen LogP contribution in [0.4, 0.5) is 5.69 Å². The van der Waals surface area contributed by atoms with Crippen molar-refractivity contribution < 1.29 is 24.2 Å². The highest BCUT2D eigenvalue weighted by Gasteiger charge is 2.16. The summed E-state index contributed by atoms with van der Waals surface area (Å²) < 4.78 is 10.9. The first-order chi connectivity index (χ1) is 12.9. The molecule has 1 amide bonds. The largest absolute Gasteiger partial charge is 0.493 e. The van der Waals surface area contributed by atoms with E-state index in [1.807, 2.05) is 13.0 Å². The Balaban J connectivity index is 2.17. The van der Waals surface area contributed by atoms with Gasteiger partial charge in [0, 0.05) is 17.7 Å². The Kier molecular flexibility index (Phi) is 7.49. The van der Waals surface area contributed by atoms with Gasteiger partial charge in [-0.3, -0.25) is 9.59 Å². The molecule has 0 bridgehead atoms. The van der Waals surface area contributed by atoms with Crippen LogP contribution in [0.2, 0.25) is 5.02 Å². The fourth-order valence-corrected chi connectivity index (χ4v) is 2.72. The van der Waals surface area contributed by atoms with Crippen molar-refractivity contribution in [3.8, 4) is 11.5 Å². The summed E-state index contributed by atoms with van der Waals surface area (Å²) in [4.78, 5) is 23.3. The molecule has 0 unspecified atom stereocenters. The zero-order valence-electron chi connectivity index (χ0n) is 15.3. The number of carbonyl (C=O) groups is 2. The van der Waals surface area contributed by atoms with Gasteiger partial charge in [0.2, 0.25) is 0 Å². The number of hydrogen-bond donors (Lipinski definition) is 2. The van der Waals surface area contributed by atoms with Crippen LogP contribution in [0, 0.1) is 0 Å². The first kappa shape index (κ1) is 20.6. The average Bonchev–Trinajstić information content (AvgIpc) is 2.65. The number of benzene rings is 2. The molecule has 2 rings (SSSR count). The van der Waals surface area contributed by atoms with E-state index in [9.17, 15) is 9.59 Å². The second-order valence-corrected chi connectivity index (χ2v) is 6.29. The number of carboxylic acids is 1. The Morgan fingerprint density at radius 2 is 2.00 bits per heavy atom. The maximum absolute atomic E-state index is 12.6. The van der Waals surface area contributed by atoms with E-state index in [1.165, 1.54) is 13.2 Å². The van der Waals surface area contributed by atoms with Gasteiger partial charge in [0.05, 0.1) is 18.7 Å². The van der Waals surface area contributed by atoms with E-state index in [1.54, 1.807) is 24.3 Å². The van der Waals surface area contributed by atoms with Crippen molar-refractivity contribution in [3.05, 3.63) is 52.5 Å². The summed E-state index contributed by atoms with van der Waals surface area (Å²) >= 11 is 6.25. The van der Waals surface area contributed by atoms with E-state index in [0.717, 1.165) is 12.0 Å². The van der Waals surface area contributed by atoms with Gasteiger partial charge in [-0.05, 0) is 42.7 Å². The molecule has 0 radical (unpaired) electrons. The predicted octanol–water partition coefficient (Wildman–Crippen LogP) is 4.41. The van der Waals surface area contributed by atoms with Gasteiger partial charge in [0.25, 0.3) is 5.91 Å². The number of carboxylic acid groups (broad SMARTS) is 1. The van der Waals surface area contributed by atoms with Gasteiger partial charge in [-0.1, -0.05) is 30.7 Å². The van der Waals surface area contributed by atoms with Crippen LogP contribution < -0.4 is 14.8 Å². The van der Waals surface area contributed by atoms with Crippen molar-refractivity contribution in [2.45, 2.75) is 26.2 Å². The number of nitrogens with one attached hydrogen (secondary N) is 1. The predicted molar refractivity (Wildman–Crippen MR) is 104 cm³/mol. The maximum atomic E-state index is 12.6. The Morgan fingerprint density at radius 3 is 2.67 bits per heavy atom. The van der Waals surface area contributed by atoms with E-state index >= 15 is 0 Å². The smallest absolute Gasteiger partial charge is 0.303 e. The molecule has 7 heteroatoms. The second kappa shape index (κ2) is 9.83. The van der Waals surface area contributed by atoms with Gasteiger partial charge < -0.3 is 19.9 Å². The monoisotopic (exact) mass is 391 g/mol. The highest BCUT2D eigenvalue weighted by molar-refractivity contribution is 6.32. The number of halogens is 1. The van der Waals surface area contributed by atoms with E-state index in [-0.39, 0.29) is 12.3 Å². The quantitative estimate of drug-likeness (QED) is 0.661. The Hall–Kier alpha value is -2.73. The van der Waals surface area contributed by atoms with Crippen molar-refractivity contribution in [2.24, 2.45) is 0 Å². The Labute approximate surface area is 163 Å². The molecule has 2 aromatic carbocycles. The molecule has 6 nitrogen and oxygen atoms in total. The average molecular weight is 392 g/mol. The lowest BCUT2D eigenvalue weighted by molar-refractivity contribution is -0.136. The topological polar surface area (TPSA) is 84.9 Å². The maximum Gasteiger partial charge on any atom is 0.303 e. The zero-order chi connectivity index (χ0) is 19.8. The van der Waals surface area contributed by atoms with Gasteiger partial charge >= 0.3 is 5.97 Å². The number of methoxy groups -OCH3 is 1. The van der Waals surface area contributed by atoms with E-state index < -0.39 is 5.97 Å². The number of amides is 1. The summed E-state index contributed by atoms with van der Waals surface area (Å²) in [5, 5.41) is 11.9. The number of aryl methyl sites for hydroxylation is 1. The number of aliphatic carboxylic acids is 1. The molecular weight excluding hydrogens is 370 g/mol. The summed E-state index contributed by atoms with van der Waals surface area (Å²) in [6, 6.07) is 10.2. The molecule has 0 spiro atoms. The first-order valence-corrected chi connectivity index (χ1v) is 8.94. The van der Waals surface area contributed by atoms with E-state index in [2.05, 4.69) is 5.32 Å². The van der Waals surface area contributed by atoms with Gasteiger partial charge in [0.15, 0.2) is 11.5 Å². The Bertz CT molecular complexity index is 822. The molecule has 0 heterocycles. The molecule has 0 fully saturated rings. The van der Waals surface area contributed by atoms with Gasteiger partial charge in [0.1, 0.15) is 0 Å². The summed E-state index contributed by atoms with van der Waals surface area (Å²) in [6.07, 6.45) is 1.24. The fourth-order valence-electron chi connectivity index (χ4n) is 2.45. The number of hydrogen-bond acceptors (Lipinski definition) is 4. The third kappa shape index (κ3) is 5.89. The standard InChI is InChI=1S/C20H22ClNO5/c1-3-9-27-19-16(21)11-14(12-17(19)26-2)20(25)22-15-6-4-5-13(10-15)7-8-18(23)24/h4-6,10-12H,3,7-9H2,1-2H3,(H,22,25)(H,23,24). The Morgan fingerprint density at radius 1 is 1.22 bits per heavy atom. The third-order valence-electron chi connectivity index (χ3n) is 3.75. The van der Waals surface area contributed by atoms with Gasteiger partial charge in [-0.2, -0.15) is 0 Å². The van der Waals surface area contributed by atoms with E-state index in [4.69, 9.17) is 26.2 Å². The molecule has 0 aliphatic heterocycles. The lowest BCUT2D eigenvalue weighted by atomic mass is 10.1. The molecule has 27 heavy (non-hydrogen) atoms.